The first kappa shape index (κ1) is 16.0. The second kappa shape index (κ2) is 7.59. The average molecular weight is 323 g/mol. The normalized spacial score (nSPS) is 14.8. The van der Waals surface area contributed by atoms with Crippen molar-refractivity contribution < 1.29 is 4.79 Å². The van der Waals surface area contributed by atoms with Crippen molar-refractivity contribution in [2.45, 2.75) is 25.8 Å². The van der Waals surface area contributed by atoms with Crippen molar-refractivity contribution in [2.24, 2.45) is 16.6 Å². The molecule has 1 aliphatic carbocycles. The number of hydrogen-bond acceptors (Lipinski definition) is 3. The van der Waals surface area contributed by atoms with Gasteiger partial charge < -0.3 is 16.4 Å². The first-order valence-electron chi connectivity index (χ1n) is 8.08. The molecule has 4 N–H and O–H groups in total. The molecule has 6 nitrogen and oxygen atoms in total. The van der Waals surface area contributed by atoms with Crippen LogP contribution in [0, 0.1) is 5.92 Å². The zero-order valence-electron chi connectivity index (χ0n) is 13.4. The number of pyridine rings is 1. The Morgan fingerprint density at radius 2 is 2.08 bits per heavy atom. The first-order valence-corrected chi connectivity index (χ1v) is 8.08. The number of anilines is 2. The number of carbonyl (C=O) groups excluding carboxylic acids is 1. The number of guanidine groups is 1. The third-order valence-corrected chi connectivity index (χ3v) is 4.02. The molecule has 3 rings (SSSR count). The molecule has 1 aromatic heterocycles. The predicted octanol–water partition coefficient (Wildman–Crippen LogP) is 2.75. The van der Waals surface area contributed by atoms with Gasteiger partial charge in [-0.2, -0.15) is 0 Å². The Morgan fingerprint density at radius 3 is 2.79 bits per heavy atom. The van der Waals surface area contributed by atoms with Gasteiger partial charge in [0, 0.05) is 17.8 Å². The third-order valence-electron chi connectivity index (χ3n) is 4.02. The van der Waals surface area contributed by atoms with Gasteiger partial charge in [-0.05, 0) is 42.7 Å². The fraction of sp³-hybridized carbons (Fsp3) is 0.278. The van der Waals surface area contributed by atoms with Crippen LogP contribution in [0.4, 0.5) is 11.5 Å². The minimum atomic E-state index is 0.109. The molecule has 0 spiro atoms. The molecule has 0 atom stereocenters. The number of carbonyl (C=O) groups is 1. The number of nitrogens with two attached hydrogens (primary N) is 1. The van der Waals surface area contributed by atoms with Crippen LogP contribution in [0.5, 0.6) is 0 Å². The van der Waals surface area contributed by atoms with Gasteiger partial charge in [0.15, 0.2) is 5.96 Å². The van der Waals surface area contributed by atoms with Crippen LogP contribution in [0.15, 0.2) is 53.7 Å². The summed E-state index contributed by atoms with van der Waals surface area (Å²) in [4.78, 5) is 20.4. The molecule has 1 heterocycles. The van der Waals surface area contributed by atoms with Crippen LogP contribution in [-0.4, -0.2) is 16.9 Å². The third kappa shape index (κ3) is 4.32. The summed E-state index contributed by atoms with van der Waals surface area (Å²) < 4.78 is 0. The maximum Gasteiger partial charge on any atom is 0.227 e. The van der Waals surface area contributed by atoms with Crippen molar-refractivity contribution in [3.8, 4) is 0 Å². The molecule has 0 saturated heterocycles. The van der Waals surface area contributed by atoms with Gasteiger partial charge in [0.25, 0.3) is 0 Å². The van der Waals surface area contributed by atoms with E-state index in [2.05, 4.69) is 20.6 Å². The maximum absolute atomic E-state index is 12.0. The van der Waals surface area contributed by atoms with Gasteiger partial charge in [-0.25, -0.2) is 9.98 Å². The molecule has 0 radical (unpaired) electrons. The zero-order chi connectivity index (χ0) is 16.8. The number of amides is 1. The zero-order valence-corrected chi connectivity index (χ0v) is 13.4. The fourth-order valence-corrected chi connectivity index (χ4v) is 2.45. The molecule has 1 amide bonds. The smallest absolute Gasteiger partial charge is 0.227 e. The number of hydrogen-bond donors (Lipinski definition) is 3. The standard InChI is InChI=1S/C18H21N5O/c19-18(23-16-9-1-2-10-20-16)21-12-13-5-3-8-15(11-13)22-17(24)14-6-4-7-14/h1-3,5,8-11,14H,4,6-7,12H2,(H,22,24)(H3,19,20,21,23). The number of nitrogens with one attached hydrogen (secondary N) is 2. The largest absolute Gasteiger partial charge is 0.370 e. The molecule has 6 heteroatoms. The molecular weight excluding hydrogens is 302 g/mol. The molecule has 1 aliphatic rings. The van der Waals surface area contributed by atoms with E-state index in [0.29, 0.717) is 18.3 Å². The van der Waals surface area contributed by atoms with Crippen molar-refractivity contribution in [2.75, 3.05) is 10.6 Å². The number of nitrogens with zero attached hydrogens (tertiary/aromatic N) is 2. The molecule has 0 bridgehead atoms. The lowest BCUT2D eigenvalue weighted by molar-refractivity contribution is -0.122. The Hall–Kier alpha value is -2.89. The summed E-state index contributed by atoms with van der Waals surface area (Å²) in [5, 5.41) is 5.90. The molecule has 1 fully saturated rings. The number of benzene rings is 1. The monoisotopic (exact) mass is 323 g/mol. The van der Waals surface area contributed by atoms with Crippen molar-refractivity contribution in [3.63, 3.8) is 0 Å². The van der Waals surface area contributed by atoms with E-state index in [4.69, 9.17) is 5.73 Å². The number of aliphatic imine (C=N–C) groups is 1. The van der Waals surface area contributed by atoms with Gasteiger partial charge in [0.05, 0.1) is 6.54 Å². The molecule has 124 valence electrons. The Kier molecular flexibility index (Phi) is 5.05. The van der Waals surface area contributed by atoms with Gasteiger partial charge in [-0.1, -0.05) is 24.6 Å². The van der Waals surface area contributed by atoms with Gasteiger partial charge in [-0.15, -0.1) is 0 Å². The van der Waals surface area contributed by atoms with Crippen LogP contribution < -0.4 is 16.4 Å². The van der Waals surface area contributed by atoms with E-state index in [1.165, 1.54) is 0 Å². The topological polar surface area (TPSA) is 92.4 Å². The molecule has 1 aromatic carbocycles. The summed E-state index contributed by atoms with van der Waals surface area (Å²) in [5.41, 5.74) is 7.65. The van der Waals surface area contributed by atoms with E-state index < -0.39 is 0 Å². The molecule has 2 aromatic rings. The van der Waals surface area contributed by atoms with Gasteiger partial charge in [-0.3, -0.25) is 4.79 Å². The summed E-state index contributed by atoms with van der Waals surface area (Å²) in [7, 11) is 0. The van der Waals surface area contributed by atoms with E-state index in [0.717, 1.165) is 30.5 Å². The lowest BCUT2D eigenvalue weighted by Crippen LogP contribution is -2.28. The van der Waals surface area contributed by atoms with Gasteiger partial charge in [0.1, 0.15) is 5.82 Å². The molecule has 0 unspecified atom stereocenters. The SMILES string of the molecule is NC(=NCc1cccc(NC(=O)C2CCC2)c1)Nc1ccccn1. The summed E-state index contributed by atoms with van der Waals surface area (Å²) in [6.45, 7) is 0.429. The Bertz CT molecular complexity index is 725. The highest BCUT2D eigenvalue weighted by molar-refractivity contribution is 5.93. The van der Waals surface area contributed by atoms with Crippen LogP contribution in [0.2, 0.25) is 0 Å². The van der Waals surface area contributed by atoms with Gasteiger partial charge >= 0.3 is 0 Å². The van der Waals surface area contributed by atoms with E-state index in [9.17, 15) is 4.79 Å². The van der Waals surface area contributed by atoms with E-state index in [-0.39, 0.29) is 11.8 Å². The highest BCUT2D eigenvalue weighted by atomic mass is 16.1. The first-order chi connectivity index (χ1) is 11.7. The van der Waals surface area contributed by atoms with Crippen LogP contribution in [0.1, 0.15) is 24.8 Å². The van der Waals surface area contributed by atoms with E-state index in [1.807, 2.05) is 42.5 Å². The predicted molar refractivity (Wildman–Crippen MR) is 95.6 cm³/mol. The lowest BCUT2D eigenvalue weighted by atomic mass is 9.85. The second-order valence-electron chi connectivity index (χ2n) is 5.86. The minimum Gasteiger partial charge on any atom is -0.370 e. The van der Waals surface area contributed by atoms with Crippen LogP contribution in [-0.2, 0) is 11.3 Å². The molecular formula is C18H21N5O. The van der Waals surface area contributed by atoms with Crippen LogP contribution >= 0.6 is 0 Å². The maximum atomic E-state index is 12.0. The lowest BCUT2D eigenvalue weighted by Gasteiger charge is -2.24. The molecule has 0 aliphatic heterocycles. The van der Waals surface area contributed by atoms with Crippen molar-refractivity contribution in [3.05, 3.63) is 54.2 Å². The molecule has 24 heavy (non-hydrogen) atoms. The van der Waals surface area contributed by atoms with Crippen LogP contribution in [0.3, 0.4) is 0 Å². The summed E-state index contributed by atoms with van der Waals surface area (Å²) in [5.74, 6) is 1.24. The highest BCUT2D eigenvalue weighted by Crippen LogP contribution is 2.27. The fourth-order valence-electron chi connectivity index (χ4n) is 2.45. The van der Waals surface area contributed by atoms with Crippen LogP contribution in [0.25, 0.3) is 0 Å². The highest BCUT2D eigenvalue weighted by Gasteiger charge is 2.25. The average Bonchev–Trinajstić information content (AvgIpc) is 2.52. The van der Waals surface area contributed by atoms with E-state index in [1.54, 1.807) is 6.20 Å². The number of aromatic nitrogens is 1. The Morgan fingerprint density at radius 1 is 1.21 bits per heavy atom. The number of rotatable bonds is 5. The summed E-state index contributed by atoms with van der Waals surface area (Å²) >= 11 is 0. The second-order valence-corrected chi connectivity index (χ2v) is 5.86. The van der Waals surface area contributed by atoms with Crippen molar-refractivity contribution in [1.82, 2.24) is 4.98 Å². The summed E-state index contributed by atoms with van der Waals surface area (Å²) in [6, 6.07) is 13.2. The quantitative estimate of drug-likeness (QED) is 0.583. The van der Waals surface area contributed by atoms with Gasteiger partial charge in [0.2, 0.25) is 5.91 Å². The van der Waals surface area contributed by atoms with Crippen molar-refractivity contribution in [1.29, 1.82) is 0 Å². The molecule has 1 saturated carbocycles. The van der Waals surface area contributed by atoms with Crippen molar-refractivity contribution >= 4 is 23.4 Å². The Labute approximate surface area is 141 Å². The minimum absolute atomic E-state index is 0.109. The summed E-state index contributed by atoms with van der Waals surface area (Å²) in [6.07, 6.45) is 4.82. The Balaban J connectivity index is 1.57. The van der Waals surface area contributed by atoms with E-state index >= 15 is 0 Å².